The SMILES string of the molecule is CCC(=O)[C@@H]1O[C@H](CNC)[C@@H](O)[C@H]1O. The fourth-order valence-corrected chi connectivity index (χ4v) is 1.59. The molecule has 14 heavy (non-hydrogen) atoms. The summed E-state index contributed by atoms with van der Waals surface area (Å²) in [5, 5.41) is 21.9. The van der Waals surface area contributed by atoms with Crippen LogP contribution in [0.4, 0.5) is 0 Å². The van der Waals surface area contributed by atoms with Crippen molar-refractivity contribution in [3.63, 3.8) is 0 Å². The van der Waals surface area contributed by atoms with Crippen LogP contribution >= 0.6 is 0 Å². The zero-order valence-corrected chi connectivity index (χ0v) is 8.43. The molecule has 0 saturated carbocycles. The van der Waals surface area contributed by atoms with E-state index in [-0.39, 0.29) is 5.78 Å². The lowest BCUT2D eigenvalue weighted by Crippen LogP contribution is -2.38. The minimum Gasteiger partial charge on any atom is -0.388 e. The third-order valence-corrected chi connectivity index (χ3v) is 2.43. The number of ether oxygens (including phenoxy) is 1. The molecule has 0 unspecified atom stereocenters. The molecule has 1 saturated heterocycles. The summed E-state index contributed by atoms with van der Waals surface area (Å²) in [7, 11) is 1.72. The average molecular weight is 203 g/mol. The maximum Gasteiger partial charge on any atom is 0.164 e. The normalized spacial score (nSPS) is 37.4. The molecule has 0 aromatic heterocycles. The summed E-state index contributed by atoms with van der Waals surface area (Å²) in [5.41, 5.74) is 0. The van der Waals surface area contributed by atoms with Gasteiger partial charge in [-0.3, -0.25) is 4.79 Å². The summed E-state index contributed by atoms with van der Waals surface area (Å²) in [5.74, 6) is -0.171. The molecule has 1 rings (SSSR count). The van der Waals surface area contributed by atoms with Gasteiger partial charge >= 0.3 is 0 Å². The predicted octanol–water partition coefficient (Wildman–Crippen LogP) is -1.33. The van der Waals surface area contributed by atoms with E-state index in [1.54, 1.807) is 14.0 Å². The molecule has 0 amide bonds. The monoisotopic (exact) mass is 203 g/mol. The summed E-state index contributed by atoms with van der Waals surface area (Å²) in [4.78, 5) is 11.3. The molecule has 0 aromatic carbocycles. The summed E-state index contributed by atoms with van der Waals surface area (Å²) in [6.45, 7) is 2.13. The highest BCUT2D eigenvalue weighted by molar-refractivity contribution is 5.83. The van der Waals surface area contributed by atoms with Gasteiger partial charge in [-0.1, -0.05) is 6.92 Å². The quantitative estimate of drug-likeness (QED) is 0.528. The molecule has 1 aliphatic rings. The number of carbonyl (C=O) groups is 1. The summed E-state index contributed by atoms with van der Waals surface area (Å²) >= 11 is 0. The molecule has 1 aliphatic heterocycles. The molecule has 5 heteroatoms. The lowest BCUT2D eigenvalue weighted by Gasteiger charge is -2.12. The number of likely N-dealkylation sites (N-methyl/N-ethyl adjacent to an activating group) is 1. The second kappa shape index (κ2) is 4.84. The summed E-state index contributed by atoms with van der Waals surface area (Å²) in [6, 6.07) is 0. The molecular formula is C9H17NO4. The van der Waals surface area contributed by atoms with Gasteiger partial charge in [-0.25, -0.2) is 0 Å². The van der Waals surface area contributed by atoms with Gasteiger partial charge in [0.15, 0.2) is 5.78 Å². The Morgan fingerprint density at radius 2 is 2.07 bits per heavy atom. The zero-order valence-electron chi connectivity index (χ0n) is 8.43. The van der Waals surface area contributed by atoms with Crippen LogP contribution in [0.1, 0.15) is 13.3 Å². The van der Waals surface area contributed by atoms with Crippen LogP contribution in [0.25, 0.3) is 0 Å². The van der Waals surface area contributed by atoms with Gasteiger partial charge in [0.2, 0.25) is 0 Å². The molecule has 3 N–H and O–H groups in total. The van der Waals surface area contributed by atoms with Crippen LogP contribution < -0.4 is 5.32 Å². The van der Waals surface area contributed by atoms with Crippen LogP contribution in [-0.4, -0.2) is 54.0 Å². The molecule has 0 bridgehead atoms. The number of aliphatic hydroxyl groups excluding tert-OH is 2. The van der Waals surface area contributed by atoms with E-state index in [0.29, 0.717) is 13.0 Å². The third kappa shape index (κ3) is 2.12. The Hall–Kier alpha value is -0.490. The van der Waals surface area contributed by atoms with Gasteiger partial charge in [-0.05, 0) is 7.05 Å². The fourth-order valence-electron chi connectivity index (χ4n) is 1.59. The van der Waals surface area contributed by atoms with E-state index in [0.717, 1.165) is 0 Å². The number of aliphatic hydroxyl groups is 2. The zero-order chi connectivity index (χ0) is 10.7. The minimum absolute atomic E-state index is 0.171. The van der Waals surface area contributed by atoms with Crippen LogP contribution in [0.2, 0.25) is 0 Å². The van der Waals surface area contributed by atoms with Crippen LogP contribution in [-0.2, 0) is 9.53 Å². The van der Waals surface area contributed by atoms with Crippen LogP contribution in [0.5, 0.6) is 0 Å². The predicted molar refractivity (Wildman–Crippen MR) is 49.9 cm³/mol. The van der Waals surface area contributed by atoms with Crippen LogP contribution in [0, 0.1) is 0 Å². The van der Waals surface area contributed by atoms with Crippen molar-refractivity contribution >= 4 is 5.78 Å². The number of ketones is 1. The molecule has 4 atom stereocenters. The van der Waals surface area contributed by atoms with Gasteiger partial charge in [0.1, 0.15) is 18.3 Å². The first-order valence-corrected chi connectivity index (χ1v) is 4.80. The van der Waals surface area contributed by atoms with E-state index in [1.807, 2.05) is 0 Å². The van der Waals surface area contributed by atoms with Gasteiger partial charge in [0.05, 0.1) is 6.10 Å². The molecule has 1 heterocycles. The largest absolute Gasteiger partial charge is 0.388 e. The third-order valence-electron chi connectivity index (χ3n) is 2.43. The number of hydrogen-bond acceptors (Lipinski definition) is 5. The molecule has 1 fully saturated rings. The Bertz CT molecular complexity index is 209. The Morgan fingerprint density at radius 1 is 1.43 bits per heavy atom. The van der Waals surface area contributed by atoms with Crippen molar-refractivity contribution in [3.8, 4) is 0 Å². The number of rotatable bonds is 4. The maximum atomic E-state index is 11.3. The first kappa shape index (κ1) is 11.6. The van der Waals surface area contributed by atoms with Gasteiger partial charge in [-0.2, -0.15) is 0 Å². The number of carbonyl (C=O) groups excluding carboxylic acids is 1. The van der Waals surface area contributed by atoms with Crippen molar-refractivity contribution in [2.45, 2.75) is 37.8 Å². The molecule has 0 aliphatic carbocycles. The van der Waals surface area contributed by atoms with Crippen molar-refractivity contribution in [1.29, 1.82) is 0 Å². The lowest BCUT2D eigenvalue weighted by molar-refractivity contribution is -0.133. The standard InChI is InChI=1S/C9H17NO4/c1-3-5(11)9-8(13)7(12)6(14-9)4-10-2/h6-10,12-13H,3-4H2,1-2H3/t6-,7-,8-,9+/m1/s1. The Labute approximate surface area is 83.1 Å². The summed E-state index contributed by atoms with van der Waals surface area (Å²) in [6.07, 6.45) is -3.15. The highest BCUT2D eigenvalue weighted by Gasteiger charge is 2.44. The number of hydrogen-bond donors (Lipinski definition) is 3. The van der Waals surface area contributed by atoms with Gasteiger partial charge < -0.3 is 20.3 Å². The average Bonchev–Trinajstić information content (AvgIpc) is 2.46. The highest BCUT2D eigenvalue weighted by atomic mass is 16.5. The van der Waals surface area contributed by atoms with Crippen molar-refractivity contribution < 1.29 is 19.7 Å². The fraction of sp³-hybridized carbons (Fsp3) is 0.889. The van der Waals surface area contributed by atoms with E-state index < -0.39 is 24.4 Å². The van der Waals surface area contributed by atoms with E-state index in [2.05, 4.69) is 5.32 Å². The second-order valence-corrected chi connectivity index (χ2v) is 3.45. The van der Waals surface area contributed by atoms with E-state index >= 15 is 0 Å². The molecule has 0 radical (unpaired) electrons. The molecular weight excluding hydrogens is 186 g/mol. The Morgan fingerprint density at radius 3 is 2.57 bits per heavy atom. The molecule has 0 aromatic rings. The van der Waals surface area contributed by atoms with Crippen molar-refractivity contribution in [2.24, 2.45) is 0 Å². The van der Waals surface area contributed by atoms with Crippen molar-refractivity contribution in [3.05, 3.63) is 0 Å². The maximum absolute atomic E-state index is 11.3. The first-order chi connectivity index (χ1) is 6.61. The van der Waals surface area contributed by atoms with Gasteiger partial charge in [0, 0.05) is 13.0 Å². The lowest BCUT2D eigenvalue weighted by atomic mass is 10.0. The smallest absolute Gasteiger partial charge is 0.164 e. The molecule has 5 nitrogen and oxygen atoms in total. The topological polar surface area (TPSA) is 78.8 Å². The second-order valence-electron chi connectivity index (χ2n) is 3.45. The number of Topliss-reactive ketones (excluding diaryl/α,β-unsaturated/α-hetero) is 1. The Kier molecular flexibility index (Phi) is 4.00. The number of nitrogens with one attached hydrogen (secondary N) is 1. The highest BCUT2D eigenvalue weighted by Crippen LogP contribution is 2.22. The van der Waals surface area contributed by atoms with Crippen molar-refractivity contribution in [2.75, 3.05) is 13.6 Å². The van der Waals surface area contributed by atoms with E-state index in [4.69, 9.17) is 4.74 Å². The van der Waals surface area contributed by atoms with Crippen molar-refractivity contribution in [1.82, 2.24) is 5.32 Å². The molecule has 0 spiro atoms. The Balaban J connectivity index is 2.61. The minimum atomic E-state index is -1.10. The summed E-state index contributed by atoms with van der Waals surface area (Å²) < 4.78 is 5.27. The van der Waals surface area contributed by atoms with E-state index in [1.165, 1.54) is 0 Å². The van der Waals surface area contributed by atoms with E-state index in [9.17, 15) is 15.0 Å². The van der Waals surface area contributed by atoms with Crippen LogP contribution in [0.15, 0.2) is 0 Å². The molecule has 82 valence electrons. The first-order valence-electron chi connectivity index (χ1n) is 4.80. The van der Waals surface area contributed by atoms with Gasteiger partial charge in [0.25, 0.3) is 0 Å². The van der Waals surface area contributed by atoms with Gasteiger partial charge in [-0.15, -0.1) is 0 Å². The van der Waals surface area contributed by atoms with Crippen LogP contribution in [0.3, 0.4) is 0 Å².